The summed E-state index contributed by atoms with van der Waals surface area (Å²) in [6.45, 7) is 3.86. The Kier molecular flexibility index (Phi) is 14.9. The van der Waals surface area contributed by atoms with Crippen molar-refractivity contribution in [2.24, 2.45) is 0 Å². The molecule has 0 bridgehead atoms. The van der Waals surface area contributed by atoms with Crippen LogP contribution in [0.3, 0.4) is 0 Å². The summed E-state index contributed by atoms with van der Waals surface area (Å²) in [7, 11) is 6.45. The molecule has 1 saturated carbocycles. The van der Waals surface area contributed by atoms with E-state index in [0.717, 1.165) is 56.1 Å². The van der Waals surface area contributed by atoms with Gasteiger partial charge in [-0.25, -0.2) is 15.0 Å². The lowest BCUT2D eigenvalue weighted by molar-refractivity contribution is -0.141. The summed E-state index contributed by atoms with van der Waals surface area (Å²) in [6.07, 6.45) is 3.47. The van der Waals surface area contributed by atoms with Gasteiger partial charge in [0.15, 0.2) is 11.5 Å². The smallest absolute Gasteiger partial charge is 0.400 e. The molecule has 0 radical (unpaired) electrons. The van der Waals surface area contributed by atoms with E-state index in [-0.39, 0.29) is 5.95 Å². The number of nitrogens with two attached hydrogens (primary N) is 1. The van der Waals surface area contributed by atoms with Crippen LogP contribution in [0.1, 0.15) is 50.4 Å². The highest BCUT2D eigenvalue weighted by Gasteiger charge is 2.33. The minimum atomic E-state index is -4.42. The van der Waals surface area contributed by atoms with Crippen molar-refractivity contribution in [2.75, 3.05) is 49.5 Å². The summed E-state index contributed by atoms with van der Waals surface area (Å²) >= 11 is 0. The molecule has 0 saturated heterocycles. The summed E-state index contributed by atoms with van der Waals surface area (Å²) < 4.78 is 36.7. The van der Waals surface area contributed by atoms with Crippen LogP contribution in [-0.2, 0) is 11.0 Å². The molecule has 0 aromatic carbocycles. The van der Waals surface area contributed by atoms with Crippen LogP contribution in [0.25, 0.3) is 0 Å². The second kappa shape index (κ2) is 16.4. The van der Waals surface area contributed by atoms with Crippen LogP contribution in [0.4, 0.5) is 36.4 Å². The molecule has 1 fully saturated rings. The monoisotopic (exact) mass is 502 g/mol. The molecule has 2 heterocycles. The zero-order chi connectivity index (χ0) is 27.0. The number of aromatic nitrogens is 4. The Bertz CT molecular complexity index is 863. The fourth-order valence-corrected chi connectivity index (χ4v) is 2.80. The standard InChI is InChI=1S/C10H12F3N3.C7H13N5.C4H8O.CH4O/c1-16(7-3-2-4-7)9-6-14-8(5-15-9)10(11,12)13;1-4-5(9-2)6(10-3)12-7(8)11-4;1-2-3-4-5;1-2/h5-7H,2-4H2,1H3;9H,1-3H3,(H3,8,10,11,12);4H,2-3H2,1H3;2H,1H3. The number of anilines is 4. The normalized spacial score (nSPS) is 12.3. The van der Waals surface area contributed by atoms with Gasteiger partial charge in [-0.1, -0.05) is 6.92 Å². The van der Waals surface area contributed by atoms with Gasteiger partial charge in [-0.2, -0.15) is 18.2 Å². The second-order valence-corrected chi connectivity index (χ2v) is 7.30. The van der Waals surface area contributed by atoms with Crippen molar-refractivity contribution in [1.82, 2.24) is 19.9 Å². The van der Waals surface area contributed by atoms with Crippen LogP contribution < -0.4 is 21.3 Å². The molecule has 13 heteroatoms. The van der Waals surface area contributed by atoms with Crippen LogP contribution in [0.2, 0.25) is 0 Å². The molecule has 35 heavy (non-hydrogen) atoms. The number of carbonyl (C=O) groups is 1. The van der Waals surface area contributed by atoms with E-state index in [1.807, 2.05) is 32.8 Å². The second-order valence-electron chi connectivity index (χ2n) is 7.30. The molecular formula is C22H37F3N8O2. The Morgan fingerprint density at radius 3 is 2.14 bits per heavy atom. The Hall–Kier alpha value is -3.22. The van der Waals surface area contributed by atoms with Crippen molar-refractivity contribution in [2.45, 2.75) is 58.2 Å². The maximum atomic E-state index is 12.2. The van der Waals surface area contributed by atoms with Gasteiger partial charge in [0, 0.05) is 40.7 Å². The lowest BCUT2D eigenvalue weighted by Gasteiger charge is -2.35. The van der Waals surface area contributed by atoms with E-state index in [0.29, 0.717) is 18.3 Å². The highest BCUT2D eigenvalue weighted by molar-refractivity contribution is 5.67. The number of nitrogen functional groups attached to an aromatic ring is 1. The number of aldehydes is 1. The predicted molar refractivity (Wildman–Crippen MR) is 132 cm³/mol. The molecular weight excluding hydrogens is 465 g/mol. The molecule has 5 N–H and O–H groups in total. The lowest BCUT2D eigenvalue weighted by Crippen LogP contribution is -2.37. The van der Waals surface area contributed by atoms with Crippen molar-refractivity contribution in [1.29, 1.82) is 0 Å². The van der Waals surface area contributed by atoms with E-state index in [9.17, 15) is 18.0 Å². The zero-order valence-electron chi connectivity index (χ0n) is 21.1. The number of rotatable bonds is 6. The Balaban J connectivity index is 0.000000537. The van der Waals surface area contributed by atoms with Crippen molar-refractivity contribution in [3.63, 3.8) is 0 Å². The molecule has 2 aromatic heterocycles. The number of aliphatic hydroxyl groups excluding tert-OH is 1. The van der Waals surface area contributed by atoms with Gasteiger partial charge in [-0.3, -0.25) is 0 Å². The molecule has 0 unspecified atom stereocenters. The lowest BCUT2D eigenvalue weighted by atomic mass is 9.92. The SMILES string of the molecule is CCCC=O.CN(c1cnc(C(F)(F)F)cn1)C1CCC1.CNc1nc(N)nc(C)c1NC.CO. The van der Waals surface area contributed by atoms with E-state index in [1.165, 1.54) is 12.6 Å². The van der Waals surface area contributed by atoms with Crippen LogP contribution >= 0.6 is 0 Å². The third-order valence-corrected chi connectivity index (χ3v) is 4.91. The van der Waals surface area contributed by atoms with E-state index >= 15 is 0 Å². The van der Waals surface area contributed by atoms with E-state index < -0.39 is 11.9 Å². The average molecular weight is 503 g/mol. The molecule has 0 aliphatic heterocycles. The molecule has 0 atom stereocenters. The first kappa shape index (κ1) is 31.8. The number of alkyl halides is 3. The highest BCUT2D eigenvalue weighted by atomic mass is 19.4. The summed E-state index contributed by atoms with van der Waals surface area (Å²) in [4.78, 5) is 26.5. The van der Waals surface area contributed by atoms with Crippen molar-refractivity contribution >= 4 is 29.6 Å². The number of hydrogen-bond donors (Lipinski definition) is 4. The quantitative estimate of drug-likeness (QED) is 0.433. The number of halogens is 3. The van der Waals surface area contributed by atoms with E-state index in [2.05, 4.69) is 30.6 Å². The van der Waals surface area contributed by atoms with Gasteiger partial charge >= 0.3 is 6.18 Å². The number of hydrogen-bond acceptors (Lipinski definition) is 10. The van der Waals surface area contributed by atoms with Crippen LogP contribution in [-0.4, -0.2) is 65.6 Å². The third-order valence-electron chi connectivity index (χ3n) is 4.91. The fraction of sp³-hybridized carbons (Fsp3) is 0.591. The number of nitrogens with zero attached hydrogens (tertiary/aromatic N) is 5. The van der Waals surface area contributed by atoms with Gasteiger partial charge in [0.1, 0.15) is 12.1 Å². The molecule has 2 aromatic rings. The highest BCUT2D eigenvalue weighted by Crippen LogP contribution is 2.29. The topological polar surface area (TPSA) is 142 Å². The van der Waals surface area contributed by atoms with Crippen molar-refractivity contribution in [3.8, 4) is 0 Å². The largest absolute Gasteiger partial charge is 0.434 e. The van der Waals surface area contributed by atoms with Gasteiger partial charge in [0.05, 0.1) is 23.8 Å². The summed E-state index contributed by atoms with van der Waals surface area (Å²) in [5.74, 6) is 1.51. The fourth-order valence-electron chi connectivity index (χ4n) is 2.80. The molecule has 1 aliphatic rings. The minimum absolute atomic E-state index is 0.288. The first-order chi connectivity index (χ1) is 16.6. The average Bonchev–Trinajstić information content (AvgIpc) is 2.79. The number of nitrogens with one attached hydrogen (secondary N) is 2. The van der Waals surface area contributed by atoms with E-state index in [1.54, 1.807) is 7.05 Å². The number of unbranched alkanes of at least 4 members (excludes halogenated alkanes) is 1. The molecule has 10 nitrogen and oxygen atoms in total. The molecule has 1 aliphatic carbocycles. The van der Waals surface area contributed by atoms with Gasteiger partial charge < -0.3 is 31.2 Å². The first-order valence-electron chi connectivity index (χ1n) is 11.1. The number of aliphatic hydroxyl groups is 1. The van der Waals surface area contributed by atoms with Crippen LogP contribution in [0.5, 0.6) is 0 Å². The maximum Gasteiger partial charge on any atom is 0.434 e. The summed E-state index contributed by atoms with van der Waals surface area (Å²) in [5, 5.41) is 12.9. The zero-order valence-corrected chi connectivity index (χ0v) is 21.1. The predicted octanol–water partition coefficient (Wildman–Crippen LogP) is 3.53. The number of carbonyl (C=O) groups excluding carboxylic acids is 1. The van der Waals surface area contributed by atoms with Gasteiger partial charge in [0.25, 0.3) is 0 Å². The van der Waals surface area contributed by atoms with Gasteiger partial charge in [-0.15, -0.1) is 0 Å². The van der Waals surface area contributed by atoms with E-state index in [4.69, 9.17) is 10.8 Å². The van der Waals surface area contributed by atoms with Crippen LogP contribution in [0.15, 0.2) is 12.4 Å². The summed E-state index contributed by atoms with van der Waals surface area (Å²) in [6, 6.07) is 0.394. The van der Waals surface area contributed by atoms with Crippen molar-refractivity contribution < 1.29 is 23.1 Å². The van der Waals surface area contributed by atoms with Crippen molar-refractivity contribution in [3.05, 3.63) is 23.8 Å². The molecule has 0 spiro atoms. The van der Waals surface area contributed by atoms with Gasteiger partial charge in [0.2, 0.25) is 5.95 Å². The summed E-state index contributed by atoms with van der Waals surface area (Å²) in [5.41, 5.74) is 6.25. The maximum absolute atomic E-state index is 12.2. The molecule has 3 rings (SSSR count). The Morgan fingerprint density at radius 1 is 1.17 bits per heavy atom. The Labute approximate surface area is 204 Å². The Morgan fingerprint density at radius 2 is 1.80 bits per heavy atom. The number of aryl methyl sites for hydroxylation is 1. The first-order valence-corrected chi connectivity index (χ1v) is 11.1. The van der Waals surface area contributed by atoms with Crippen LogP contribution in [0, 0.1) is 6.92 Å². The molecule has 198 valence electrons. The minimum Gasteiger partial charge on any atom is -0.400 e. The molecule has 0 amide bonds. The van der Waals surface area contributed by atoms with Gasteiger partial charge in [-0.05, 0) is 32.6 Å². The third kappa shape index (κ3) is 10.7.